The fraction of sp³-hybridized carbons (Fsp3) is 0.400. The number of methoxy groups -OCH3 is 4. The molecule has 1 aliphatic rings. The van der Waals surface area contributed by atoms with Crippen LogP contribution in [0.4, 0.5) is 0 Å². The van der Waals surface area contributed by atoms with Crippen LogP contribution in [-0.4, -0.2) is 57.0 Å². The standard InChI is InChI=1S/C35H41Cl2NO8S/c1-6-8-33(39)38(40)14-7-9-22-17-23(18-30(41-2)34(22)45-15-16-47-25-10-11-26(36)27(37)21-25)28-12-13-29(46-28)24-19-31(42-3)35(44-5)32(20-24)43-4/h7,10-11,14,17-21,28-29,40H,6,8-9,12-13,15-16H2,1-5H3. The van der Waals surface area contributed by atoms with Gasteiger partial charge in [-0.2, -0.15) is 5.06 Å². The number of hydrogen-bond acceptors (Lipinski definition) is 9. The van der Waals surface area contributed by atoms with E-state index in [-0.39, 0.29) is 24.5 Å². The molecular weight excluding hydrogens is 665 g/mol. The second-order valence-corrected chi connectivity index (χ2v) is 12.7. The lowest BCUT2D eigenvalue weighted by Gasteiger charge is -2.21. The van der Waals surface area contributed by atoms with E-state index in [1.54, 1.807) is 52.3 Å². The molecule has 1 amide bonds. The van der Waals surface area contributed by atoms with Gasteiger partial charge < -0.3 is 28.4 Å². The highest BCUT2D eigenvalue weighted by atomic mass is 35.5. The van der Waals surface area contributed by atoms with E-state index in [2.05, 4.69) is 0 Å². The summed E-state index contributed by atoms with van der Waals surface area (Å²) in [4.78, 5) is 13.1. The van der Waals surface area contributed by atoms with Gasteiger partial charge in [-0.3, -0.25) is 10.0 Å². The summed E-state index contributed by atoms with van der Waals surface area (Å²) in [5.41, 5.74) is 2.68. The second kappa shape index (κ2) is 17.8. The highest BCUT2D eigenvalue weighted by Gasteiger charge is 2.31. The fourth-order valence-electron chi connectivity index (χ4n) is 5.31. The van der Waals surface area contributed by atoms with Gasteiger partial charge in [0.1, 0.15) is 0 Å². The molecule has 1 aliphatic heterocycles. The summed E-state index contributed by atoms with van der Waals surface area (Å²) >= 11 is 13.8. The van der Waals surface area contributed by atoms with Gasteiger partial charge in [-0.1, -0.05) is 36.2 Å². The van der Waals surface area contributed by atoms with E-state index in [1.807, 2.05) is 43.3 Å². The zero-order valence-corrected chi connectivity index (χ0v) is 29.5. The van der Waals surface area contributed by atoms with E-state index in [9.17, 15) is 10.0 Å². The molecule has 0 saturated carbocycles. The van der Waals surface area contributed by atoms with Crippen LogP contribution in [0.15, 0.2) is 59.6 Å². The molecule has 1 heterocycles. The maximum absolute atomic E-state index is 12.1. The SMILES string of the molecule is CCCC(=O)N(O)C=CCc1cc(C2CCC(c3cc(OC)c(OC)c(OC)c3)O2)cc(OC)c1OCCSc1ccc(Cl)c(Cl)c1. The molecule has 47 heavy (non-hydrogen) atoms. The lowest BCUT2D eigenvalue weighted by atomic mass is 9.99. The Kier molecular flexibility index (Phi) is 13.8. The molecule has 0 bridgehead atoms. The van der Waals surface area contributed by atoms with Crippen LogP contribution in [-0.2, 0) is 16.0 Å². The largest absolute Gasteiger partial charge is 0.493 e. The number of thioether (sulfide) groups is 1. The van der Waals surface area contributed by atoms with E-state index < -0.39 is 0 Å². The van der Waals surface area contributed by atoms with Crippen molar-refractivity contribution in [2.75, 3.05) is 40.8 Å². The van der Waals surface area contributed by atoms with Gasteiger partial charge in [-0.15, -0.1) is 11.8 Å². The molecule has 3 aromatic rings. The van der Waals surface area contributed by atoms with Gasteiger partial charge in [-0.25, -0.2) is 0 Å². The number of benzene rings is 3. The van der Waals surface area contributed by atoms with Crippen LogP contribution < -0.4 is 23.7 Å². The van der Waals surface area contributed by atoms with Crippen molar-refractivity contribution in [1.29, 1.82) is 0 Å². The van der Waals surface area contributed by atoms with Crippen molar-refractivity contribution in [2.45, 2.75) is 56.1 Å². The van der Waals surface area contributed by atoms with Crippen molar-refractivity contribution in [2.24, 2.45) is 0 Å². The predicted molar refractivity (Wildman–Crippen MR) is 184 cm³/mol. The normalized spacial score (nSPS) is 15.9. The number of hydroxylamine groups is 2. The predicted octanol–water partition coefficient (Wildman–Crippen LogP) is 8.87. The van der Waals surface area contributed by atoms with E-state index in [0.29, 0.717) is 69.1 Å². The molecule has 1 saturated heterocycles. The monoisotopic (exact) mass is 705 g/mol. The number of nitrogens with zero attached hydrogens (tertiary/aromatic N) is 1. The zero-order valence-electron chi connectivity index (χ0n) is 27.2. The van der Waals surface area contributed by atoms with Crippen LogP contribution in [0.1, 0.15) is 61.5 Å². The summed E-state index contributed by atoms with van der Waals surface area (Å²) < 4.78 is 35.3. The van der Waals surface area contributed by atoms with Gasteiger partial charge in [0.25, 0.3) is 0 Å². The van der Waals surface area contributed by atoms with Gasteiger partial charge in [0, 0.05) is 28.8 Å². The van der Waals surface area contributed by atoms with E-state index in [0.717, 1.165) is 34.4 Å². The van der Waals surface area contributed by atoms with Crippen LogP contribution in [0.2, 0.25) is 10.0 Å². The Hall–Kier alpha value is -3.28. The quantitative estimate of drug-likeness (QED) is 0.0678. The molecule has 0 spiro atoms. The number of ether oxygens (including phenoxy) is 6. The average Bonchev–Trinajstić information content (AvgIpc) is 3.58. The van der Waals surface area contributed by atoms with Crippen LogP contribution in [0, 0.1) is 0 Å². The van der Waals surface area contributed by atoms with Crippen molar-refractivity contribution in [3.63, 3.8) is 0 Å². The van der Waals surface area contributed by atoms with Crippen molar-refractivity contribution in [3.05, 3.63) is 81.5 Å². The third-order valence-corrected chi connectivity index (χ3v) is 9.31. The molecule has 1 fully saturated rings. The number of hydrogen-bond donors (Lipinski definition) is 1. The van der Waals surface area contributed by atoms with E-state index in [1.165, 1.54) is 6.20 Å². The van der Waals surface area contributed by atoms with Crippen molar-refractivity contribution >= 4 is 40.9 Å². The Morgan fingerprint density at radius 3 is 2.11 bits per heavy atom. The first-order valence-corrected chi connectivity index (χ1v) is 17.0. The minimum absolute atomic E-state index is 0.190. The third kappa shape index (κ3) is 9.42. The molecule has 4 rings (SSSR count). The molecule has 1 N–H and O–H groups in total. The molecule has 0 aromatic heterocycles. The maximum Gasteiger partial charge on any atom is 0.250 e. The molecule has 3 aromatic carbocycles. The molecule has 254 valence electrons. The molecular formula is C35H41Cl2NO8S. The minimum atomic E-state index is -0.372. The summed E-state index contributed by atoms with van der Waals surface area (Å²) in [7, 11) is 6.36. The number of rotatable bonds is 16. The van der Waals surface area contributed by atoms with Crippen LogP contribution >= 0.6 is 35.0 Å². The zero-order chi connectivity index (χ0) is 33.9. The fourth-order valence-corrected chi connectivity index (χ4v) is 6.44. The maximum atomic E-state index is 12.1. The Morgan fingerprint density at radius 2 is 1.53 bits per heavy atom. The molecule has 9 nitrogen and oxygen atoms in total. The highest BCUT2D eigenvalue weighted by Crippen LogP contribution is 2.47. The van der Waals surface area contributed by atoms with Gasteiger partial charge in [0.15, 0.2) is 23.0 Å². The first-order chi connectivity index (χ1) is 22.7. The Morgan fingerprint density at radius 1 is 0.915 bits per heavy atom. The minimum Gasteiger partial charge on any atom is -0.493 e. The van der Waals surface area contributed by atoms with Gasteiger partial charge in [0.2, 0.25) is 11.7 Å². The third-order valence-electron chi connectivity index (χ3n) is 7.62. The molecule has 0 aliphatic carbocycles. The van der Waals surface area contributed by atoms with Crippen LogP contribution in [0.25, 0.3) is 0 Å². The van der Waals surface area contributed by atoms with Gasteiger partial charge in [0.05, 0.1) is 57.3 Å². The lowest BCUT2D eigenvalue weighted by molar-refractivity contribution is -0.154. The summed E-state index contributed by atoms with van der Waals surface area (Å²) in [6.07, 6.45) is 5.51. The smallest absolute Gasteiger partial charge is 0.250 e. The summed E-state index contributed by atoms with van der Waals surface area (Å²) in [6.45, 7) is 2.27. The Balaban J connectivity index is 1.56. The van der Waals surface area contributed by atoms with E-state index >= 15 is 0 Å². The first-order valence-electron chi connectivity index (χ1n) is 15.3. The molecule has 12 heteroatoms. The molecule has 2 unspecified atom stereocenters. The number of carbonyl (C=O) groups is 1. The number of allylic oxidation sites excluding steroid dienone is 1. The highest BCUT2D eigenvalue weighted by molar-refractivity contribution is 7.99. The first kappa shape index (κ1) is 36.6. The van der Waals surface area contributed by atoms with Crippen molar-refractivity contribution in [1.82, 2.24) is 5.06 Å². The lowest BCUT2D eigenvalue weighted by Crippen LogP contribution is -2.20. The molecule has 0 radical (unpaired) electrons. The van der Waals surface area contributed by atoms with Crippen molar-refractivity contribution < 1.29 is 38.4 Å². The van der Waals surface area contributed by atoms with Crippen LogP contribution in [0.3, 0.4) is 0 Å². The average molecular weight is 707 g/mol. The summed E-state index contributed by atoms with van der Waals surface area (Å²) in [5.74, 6) is 3.09. The summed E-state index contributed by atoms with van der Waals surface area (Å²) in [6, 6.07) is 13.3. The summed E-state index contributed by atoms with van der Waals surface area (Å²) in [5, 5.41) is 11.8. The number of carbonyl (C=O) groups excluding carboxylic acids is 1. The Bertz CT molecular complexity index is 1530. The number of amides is 1. The molecule has 2 atom stereocenters. The second-order valence-electron chi connectivity index (χ2n) is 10.7. The van der Waals surface area contributed by atoms with Crippen LogP contribution in [0.5, 0.6) is 28.7 Å². The number of halogens is 2. The van der Waals surface area contributed by atoms with E-state index in [4.69, 9.17) is 51.6 Å². The topological polar surface area (TPSA) is 95.9 Å². The van der Waals surface area contributed by atoms with Gasteiger partial charge >= 0.3 is 0 Å². The van der Waals surface area contributed by atoms with Gasteiger partial charge in [-0.05, 0) is 79.3 Å². The Labute approximate surface area is 290 Å². The van der Waals surface area contributed by atoms with Crippen molar-refractivity contribution in [3.8, 4) is 28.7 Å².